The Bertz CT molecular complexity index is 2120. The highest BCUT2D eigenvalue weighted by molar-refractivity contribution is 8.13. The number of hydrogen-bond donors (Lipinski definition) is 4. The highest BCUT2D eigenvalue weighted by atomic mass is 32.2. The van der Waals surface area contributed by atoms with Crippen LogP contribution in [-0.2, 0) is 40.0 Å². The van der Waals surface area contributed by atoms with Crippen LogP contribution >= 0.6 is 19.5 Å². The number of carbonyl (C=O) groups is 1. The van der Waals surface area contributed by atoms with E-state index < -0.39 is 55.1 Å². The molecular weight excluding hydrogens is 780 g/mol. The number of nitrogens with zero attached hydrogens (tertiary/aromatic N) is 2. The van der Waals surface area contributed by atoms with E-state index in [-0.39, 0.29) is 36.4 Å². The molecule has 0 saturated carbocycles. The molecule has 5 atom stereocenters. The number of anilines is 1. The van der Waals surface area contributed by atoms with Gasteiger partial charge in [-0.25, -0.2) is 14.4 Å². The molecule has 2 heterocycles. The van der Waals surface area contributed by atoms with Crippen molar-refractivity contribution in [3.63, 3.8) is 0 Å². The van der Waals surface area contributed by atoms with Gasteiger partial charge in [-0.1, -0.05) is 133 Å². The fraction of sp³-hybridized carbons (Fsp3) is 0.326. The van der Waals surface area contributed by atoms with Crippen LogP contribution in [0, 0.1) is 5.41 Å². The minimum Gasteiger partial charge on any atom is -0.387 e. The number of nitrogen functional groups attached to an aromatic ring is 1. The molecule has 4 aromatic carbocycles. The molecule has 3 unspecified atom stereocenters. The number of rotatable bonds is 18. The molecule has 0 aliphatic carbocycles. The Morgan fingerprint density at radius 3 is 1.98 bits per heavy atom. The SMILES string of the molecule is CC(C)(COC(c1ccccc1)(c1ccccc1)c1ccccc1)C(=O)SCCOP(=O)(NCc1ccccc1)OCC1OC(n2ccc(N)nc2=O)[C@](C)(O)[C@@H]1O. The summed E-state index contributed by atoms with van der Waals surface area (Å²) < 4.78 is 39.6. The summed E-state index contributed by atoms with van der Waals surface area (Å²) in [6, 6.07) is 40.3. The minimum atomic E-state index is -4.12. The molecule has 1 fully saturated rings. The van der Waals surface area contributed by atoms with E-state index in [1.165, 1.54) is 19.2 Å². The Morgan fingerprint density at radius 2 is 1.45 bits per heavy atom. The van der Waals surface area contributed by atoms with Gasteiger partial charge in [0.2, 0.25) is 0 Å². The molecular formula is C43H49N4O9PS. The summed E-state index contributed by atoms with van der Waals surface area (Å²) in [6.07, 6.45) is -2.81. The van der Waals surface area contributed by atoms with Crippen molar-refractivity contribution < 1.29 is 38.1 Å². The Labute approximate surface area is 342 Å². The van der Waals surface area contributed by atoms with E-state index in [0.717, 1.165) is 38.6 Å². The fourth-order valence-corrected chi connectivity index (χ4v) is 8.90. The number of hydrogen-bond acceptors (Lipinski definition) is 12. The van der Waals surface area contributed by atoms with E-state index in [4.69, 9.17) is 24.3 Å². The lowest BCUT2D eigenvalue weighted by atomic mass is 9.79. The van der Waals surface area contributed by atoms with Crippen LogP contribution in [0.1, 0.15) is 49.3 Å². The number of nitrogens with one attached hydrogen (secondary N) is 1. The largest absolute Gasteiger partial charge is 0.405 e. The zero-order valence-corrected chi connectivity index (χ0v) is 34.3. The first-order valence-electron chi connectivity index (χ1n) is 18.8. The molecule has 306 valence electrons. The van der Waals surface area contributed by atoms with Gasteiger partial charge < -0.3 is 25.4 Å². The number of thioether (sulfide) groups is 1. The summed E-state index contributed by atoms with van der Waals surface area (Å²) in [5, 5.41) is 24.9. The van der Waals surface area contributed by atoms with Gasteiger partial charge in [-0.05, 0) is 49.1 Å². The van der Waals surface area contributed by atoms with Crippen molar-refractivity contribution in [2.24, 2.45) is 5.41 Å². The Hall–Kier alpha value is -4.47. The predicted molar refractivity (Wildman–Crippen MR) is 223 cm³/mol. The molecule has 0 radical (unpaired) electrons. The van der Waals surface area contributed by atoms with E-state index in [2.05, 4.69) is 10.1 Å². The molecule has 15 heteroatoms. The first-order valence-corrected chi connectivity index (χ1v) is 21.3. The van der Waals surface area contributed by atoms with E-state index in [1.807, 2.05) is 135 Å². The van der Waals surface area contributed by atoms with Gasteiger partial charge in [-0.15, -0.1) is 0 Å². The average Bonchev–Trinajstić information content (AvgIpc) is 3.46. The summed E-state index contributed by atoms with van der Waals surface area (Å²) in [5.74, 6) is 0.116. The lowest BCUT2D eigenvalue weighted by molar-refractivity contribution is -0.124. The van der Waals surface area contributed by atoms with E-state index >= 15 is 0 Å². The second kappa shape index (κ2) is 18.6. The van der Waals surface area contributed by atoms with Crippen molar-refractivity contribution in [1.82, 2.24) is 14.6 Å². The number of aromatic nitrogens is 2. The van der Waals surface area contributed by atoms with Crippen molar-refractivity contribution in [2.75, 3.05) is 31.3 Å². The smallest absolute Gasteiger partial charge is 0.387 e. The van der Waals surface area contributed by atoms with Crippen LogP contribution in [0.2, 0.25) is 0 Å². The van der Waals surface area contributed by atoms with Crippen LogP contribution < -0.4 is 16.5 Å². The third-order valence-corrected chi connectivity index (χ3v) is 12.7. The van der Waals surface area contributed by atoms with Gasteiger partial charge in [0.25, 0.3) is 0 Å². The number of carbonyl (C=O) groups excluding carboxylic acids is 1. The third-order valence-electron chi connectivity index (χ3n) is 9.91. The molecule has 1 aliphatic heterocycles. The molecule has 1 saturated heterocycles. The first kappa shape index (κ1) is 43.1. The zero-order chi connectivity index (χ0) is 41.4. The number of aliphatic hydroxyl groups is 2. The maximum atomic E-state index is 14.2. The number of ether oxygens (including phenoxy) is 2. The normalized spacial score (nSPS) is 20.7. The van der Waals surface area contributed by atoms with Crippen LogP contribution in [0.5, 0.6) is 0 Å². The van der Waals surface area contributed by atoms with E-state index in [9.17, 15) is 24.4 Å². The number of nitrogens with two attached hydrogens (primary N) is 1. The second-order valence-corrected chi connectivity index (χ2v) is 17.7. The highest BCUT2D eigenvalue weighted by Gasteiger charge is 2.54. The summed E-state index contributed by atoms with van der Waals surface area (Å²) >= 11 is 1.03. The predicted octanol–water partition coefficient (Wildman–Crippen LogP) is 6.06. The van der Waals surface area contributed by atoms with Crippen LogP contribution in [0.4, 0.5) is 5.82 Å². The number of benzene rings is 4. The molecule has 0 bridgehead atoms. The highest BCUT2D eigenvalue weighted by Crippen LogP contribution is 2.47. The van der Waals surface area contributed by atoms with Gasteiger partial charge in [0, 0.05) is 18.5 Å². The molecule has 6 rings (SSSR count). The molecule has 1 aliphatic rings. The van der Waals surface area contributed by atoms with Gasteiger partial charge in [-0.3, -0.25) is 18.4 Å². The molecule has 0 spiro atoms. The monoisotopic (exact) mass is 828 g/mol. The first-order chi connectivity index (χ1) is 27.7. The molecule has 5 N–H and O–H groups in total. The Morgan fingerprint density at radius 1 is 0.914 bits per heavy atom. The van der Waals surface area contributed by atoms with Crippen molar-refractivity contribution in [1.29, 1.82) is 0 Å². The second-order valence-electron chi connectivity index (χ2n) is 14.8. The lowest BCUT2D eigenvalue weighted by Crippen LogP contribution is -2.46. The summed E-state index contributed by atoms with van der Waals surface area (Å²) in [4.78, 5) is 30.0. The quantitative estimate of drug-likeness (QED) is 0.0455. The van der Waals surface area contributed by atoms with Crippen molar-refractivity contribution in [3.05, 3.63) is 166 Å². The van der Waals surface area contributed by atoms with Crippen molar-refractivity contribution in [3.8, 4) is 0 Å². The van der Waals surface area contributed by atoms with Crippen LogP contribution in [0.25, 0.3) is 0 Å². The van der Waals surface area contributed by atoms with Gasteiger partial charge in [-0.2, -0.15) is 4.98 Å². The average molecular weight is 829 g/mol. The summed E-state index contributed by atoms with van der Waals surface area (Å²) in [7, 11) is -4.12. The third kappa shape index (κ3) is 9.86. The Balaban J connectivity index is 1.12. The maximum absolute atomic E-state index is 14.2. The minimum absolute atomic E-state index is 0.0186. The lowest BCUT2D eigenvalue weighted by Gasteiger charge is -2.38. The van der Waals surface area contributed by atoms with E-state index in [1.54, 1.807) is 0 Å². The molecule has 1 aromatic heterocycles. The summed E-state index contributed by atoms with van der Waals surface area (Å²) in [6.45, 7) is 4.53. The molecule has 0 amide bonds. The fourth-order valence-electron chi connectivity index (χ4n) is 6.67. The van der Waals surface area contributed by atoms with Gasteiger partial charge >= 0.3 is 13.4 Å². The van der Waals surface area contributed by atoms with Crippen LogP contribution in [-0.4, -0.2) is 68.3 Å². The standard InChI is InChI=1S/C43H49N4O9PS/c1-41(2,30-53-43(32-18-10-5-11-19-32,33-20-12-6-13-21-33)34-22-14-7-15-23-34)39(49)58-27-26-54-57(52,45-28-31-16-8-4-9-17-31)55-29-35-37(48)42(3,51)38(56-35)47-25-24-36(44)46-40(47)50/h4-25,35,37-38,48,51H,26-30H2,1-3H3,(H,45,52)(H2,44,46,50)/t35?,37-,38?,42-,57?/m1/s1. The maximum Gasteiger partial charge on any atom is 0.405 e. The van der Waals surface area contributed by atoms with Gasteiger partial charge in [0.05, 0.1) is 25.2 Å². The van der Waals surface area contributed by atoms with Crippen LogP contribution in [0.15, 0.2) is 138 Å². The molecule has 5 aromatic rings. The summed E-state index contributed by atoms with van der Waals surface area (Å²) in [5.41, 5.74) is 4.47. The van der Waals surface area contributed by atoms with Crippen LogP contribution in [0.3, 0.4) is 0 Å². The van der Waals surface area contributed by atoms with Crippen molar-refractivity contribution >= 4 is 30.4 Å². The molecule has 13 nitrogen and oxygen atoms in total. The van der Waals surface area contributed by atoms with Gasteiger partial charge in [0.1, 0.15) is 29.2 Å². The van der Waals surface area contributed by atoms with Gasteiger partial charge in [0.15, 0.2) is 11.3 Å². The number of aliphatic hydroxyl groups excluding tert-OH is 1. The van der Waals surface area contributed by atoms with Crippen molar-refractivity contribution in [2.45, 2.75) is 57.0 Å². The Kier molecular flexibility index (Phi) is 13.8. The zero-order valence-electron chi connectivity index (χ0n) is 32.5. The topological polar surface area (TPSA) is 184 Å². The van der Waals surface area contributed by atoms with E-state index in [0.29, 0.717) is 0 Å². The molecule has 58 heavy (non-hydrogen) atoms.